The van der Waals surface area contributed by atoms with E-state index in [1.54, 1.807) is 18.2 Å². The Morgan fingerprint density at radius 2 is 2.18 bits per heavy atom. The van der Waals surface area contributed by atoms with Crippen molar-refractivity contribution in [1.29, 1.82) is 0 Å². The molecule has 1 aliphatic rings. The van der Waals surface area contributed by atoms with Crippen LogP contribution in [-0.4, -0.2) is 26.4 Å². The second kappa shape index (κ2) is 6.48. The Balaban J connectivity index is 1.59. The lowest BCUT2D eigenvalue weighted by atomic mass is 10.3. The fourth-order valence-electron chi connectivity index (χ4n) is 2.06. The molecule has 3 rings (SSSR count). The van der Waals surface area contributed by atoms with Crippen molar-refractivity contribution in [3.8, 4) is 0 Å². The van der Waals surface area contributed by atoms with Crippen LogP contribution in [0.4, 0.5) is 5.69 Å². The number of carbonyl (C=O) groups excluding carboxylic acids is 1. The fraction of sp³-hybridized carbons (Fsp3) is 0.357. The summed E-state index contributed by atoms with van der Waals surface area (Å²) in [4.78, 5) is 12.0. The average molecular weight is 357 g/mol. The predicted octanol–water partition coefficient (Wildman–Crippen LogP) is 3.73. The van der Waals surface area contributed by atoms with Crippen LogP contribution in [0.1, 0.15) is 24.6 Å². The first kappa shape index (κ1) is 15.6. The number of nitrogens with zero attached hydrogens (tertiary/aromatic N) is 3. The van der Waals surface area contributed by atoms with Crippen molar-refractivity contribution in [1.82, 2.24) is 14.8 Å². The van der Waals surface area contributed by atoms with Crippen molar-refractivity contribution < 1.29 is 4.79 Å². The highest BCUT2D eigenvalue weighted by molar-refractivity contribution is 7.99. The number of amides is 1. The number of benzene rings is 1. The maximum absolute atomic E-state index is 12.0. The lowest BCUT2D eigenvalue weighted by Crippen LogP contribution is -2.14. The zero-order valence-electron chi connectivity index (χ0n) is 11.8. The van der Waals surface area contributed by atoms with Gasteiger partial charge in [-0.05, 0) is 31.0 Å². The molecule has 5 nitrogen and oxygen atoms in total. The zero-order chi connectivity index (χ0) is 15.7. The van der Waals surface area contributed by atoms with E-state index in [2.05, 4.69) is 15.5 Å². The van der Waals surface area contributed by atoms with Crippen molar-refractivity contribution in [2.45, 2.75) is 23.9 Å². The standard InChI is InChI=1S/C14H14Cl2N4OS/c1-20-13(8-2-3-8)18-19-14(20)22-7-12(21)17-11-6-9(15)4-5-10(11)16/h4-6,8H,2-3,7H2,1H3,(H,17,21). The molecule has 0 saturated heterocycles. The minimum Gasteiger partial charge on any atom is -0.324 e. The quantitative estimate of drug-likeness (QED) is 0.829. The number of halogens is 2. The minimum absolute atomic E-state index is 0.162. The minimum atomic E-state index is -0.162. The Morgan fingerprint density at radius 1 is 1.41 bits per heavy atom. The molecule has 0 aliphatic heterocycles. The molecule has 0 atom stereocenters. The first-order chi connectivity index (χ1) is 10.5. The van der Waals surface area contributed by atoms with Crippen molar-refractivity contribution >= 4 is 46.6 Å². The van der Waals surface area contributed by atoms with Gasteiger partial charge in [0.2, 0.25) is 5.91 Å². The highest BCUT2D eigenvalue weighted by atomic mass is 35.5. The molecule has 0 spiro atoms. The van der Waals surface area contributed by atoms with Gasteiger partial charge in [0.25, 0.3) is 0 Å². The van der Waals surface area contributed by atoms with Gasteiger partial charge in [-0.3, -0.25) is 4.79 Å². The molecule has 0 radical (unpaired) electrons. The molecule has 1 aliphatic carbocycles. The number of nitrogens with one attached hydrogen (secondary N) is 1. The molecule has 8 heteroatoms. The number of anilines is 1. The normalized spacial score (nSPS) is 14.1. The summed E-state index contributed by atoms with van der Waals surface area (Å²) in [5.41, 5.74) is 0.511. The van der Waals surface area contributed by atoms with Gasteiger partial charge in [-0.1, -0.05) is 35.0 Å². The Bertz CT molecular complexity index is 715. The number of thioether (sulfide) groups is 1. The van der Waals surface area contributed by atoms with Crippen LogP contribution >= 0.6 is 35.0 Å². The summed E-state index contributed by atoms with van der Waals surface area (Å²) in [6.07, 6.45) is 2.34. The van der Waals surface area contributed by atoms with Crippen molar-refractivity contribution in [2.75, 3.05) is 11.1 Å². The summed E-state index contributed by atoms with van der Waals surface area (Å²) >= 11 is 13.3. The Morgan fingerprint density at radius 3 is 2.91 bits per heavy atom. The van der Waals surface area contributed by atoms with Gasteiger partial charge in [0, 0.05) is 18.0 Å². The lowest BCUT2D eigenvalue weighted by Gasteiger charge is -2.07. The van der Waals surface area contributed by atoms with Crippen LogP contribution in [0.3, 0.4) is 0 Å². The van der Waals surface area contributed by atoms with E-state index in [4.69, 9.17) is 23.2 Å². The van der Waals surface area contributed by atoms with E-state index in [0.717, 1.165) is 11.0 Å². The Labute approximate surface area is 142 Å². The summed E-state index contributed by atoms with van der Waals surface area (Å²) in [5.74, 6) is 1.61. The van der Waals surface area contributed by atoms with Crippen molar-refractivity contribution in [3.63, 3.8) is 0 Å². The average Bonchev–Trinajstić information content (AvgIpc) is 3.25. The van der Waals surface area contributed by atoms with E-state index in [1.807, 2.05) is 11.6 Å². The number of aromatic nitrogens is 3. The molecular formula is C14H14Cl2N4OS. The lowest BCUT2D eigenvalue weighted by molar-refractivity contribution is -0.113. The molecular weight excluding hydrogens is 343 g/mol. The molecule has 1 aromatic carbocycles. The van der Waals surface area contributed by atoms with Crippen LogP contribution in [0.2, 0.25) is 10.0 Å². The molecule has 0 unspecified atom stereocenters. The molecule has 1 amide bonds. The van der Waals surface area contributed by atoms with Gasteiger partial charge in [-0.2, -0.15) is 0 Å². The predicted molar refractivity (Wildman–Crippen MR) is 88.8 cm³/mol. The third-order valence-electron chi connectivity index (χ3n) is 3.35. The SMILES string of the molecule is Cn1c(SCC(=O)Nc2cc(Cl)ccc2Cl)nnc1C1CC1. The molecule has 1 saturated carbocycles. The van der Waals surface area contributed by atoms with E-state index in [0.29, 0.717) is 21.7 Å². The Kier molecular flexibility index (Phi) is 4.61. The van der Waals surface area contributed by atoms with E-state index in [-0.39, 0.29) is 11.7 Å². The first-order valence-electron chi connectivity index (χ1n) is 6.81. The van der Waals surface area contributed by atoms with Crippen LogP contribution in [0.5, 0.6) is 0 Å². The largest absolute Gasteiger partial charge is 0.324 e. The summed E-state index contributed by atoms with van der Waals surface area (Å²) in [6.45, 7) is 0. The van der Waals surface area contributed by atoms with Crippen LogP contribution in [0, 0.1) is 0 Å². The highest BCUT2D eigenvalue weighted by Crippen LogP contribution is 2.39. The van der Waals surface area contributed by atoms with Gasteiger partial charge < -0.3 is 9.88 Å². The smallest absolute Gasteiger partial charge is 0.234 e. The van der Waals surface area contributed by atoms with Crippen molar-refractivity contribution in [3.05, 3.63) is 34.1 Å². The molecule has 1 fully saturated rings. The van der Waals surface area contributed by atoms with Crippen molar-refractivity contribution in [2.24, 2.45) is 7.05 Å². The maximum atomic E-state index is 12.0. The second-order valence-electron chi connectivity index (χ2n) is 5.14. The van der Waals surface area contributed by atoms with Crippen LogP contribution in [-0.2, 0) is 11.8 Å². The van der Waals surface area contributed by atoms with Crippen LogP contribution in [0.15, 0.2) is 23.4 Å². The number of hydrogen-bond acceptors (Lipinski definition) is 4. The van der Waals surface area contributed by atoms with Crippen LogP contribution < -0.4 is 5.32 Å². The van der Waals surface area contributed by atoms with E-state index in [1.165, 1.54) is 24.6 Å². The third kappa shape index (κ3) is 3.56. The third-order valence-corrected chi connectivity index (χ3v) is 4.93. The van der Waals surface area contributed by atoms with Gasteiger partial charge in [0.15, 0.2) is 5.16 Å². The molecule has 1 aromatic heterocycles. The summed E-state index contributed by atoms with van der Waals surface area (Å²) < 4.78 is 1.96. The molecule has 1 heterocycles. The van der Waals surface area contributed by atoms with Gasteiger partial charge in [0.05, 0.1) is 16.5 Å². The molecule has 116 valence electrons. The summed E-state index contributed by atoms with van der Waals surface area (Å²) in [5, 5.41) is 12.8. The number of hydrogen-bond donors (Lipinski definition) is 1. The molecule has 1 N–H and O–H groups in total. The Hall–Kier alpha value is -1.24. The summed E-state index contributed by atoms with van der Waals surface area (Å²) in [6, 6.07) is 4.95. The highest BCUT2D eigenvalue weighted by Gasteiger charge is 2.29. The van der Waals surface area contributed by atoms with E-state index >= 15 is 0 Å². The first-order valence-corrected chi connectivity index (χ1v) is 8.55. The zero-order valence-corrected chi connectivity index (χ0v) is 14.2. The molecule has 2 aromatic rings. The number of rotatable bonds is 5. The fourth-order valence-corrected chi connectivity index (χ4v) is 3.11. The van der Waals surface area contributed by atoms with Gasteiger partial charge in [0.1, 0.15) is 5.82 Å². The van der Waals surface area contributed by atoms with Gasteiger partial charge in [-0.15, -0.1) is 10.2 Å². The molecule has 0 bridgehead atoms. The van der Waals surface area contributed by atoms with Gasteiger partial charge in [-0.25, -0.2) is 0 Å². The van der Waals surface area contributed by atoms with E-state index in [9.17, 15) is 4.79 Å². The van der Waals surface area contributed by atoms with E-state index < -0.39 is 0 Å². The van der Waals surface area contributed by atoms with Gasteiger partial charge >= 0.3 is 0 Å². The maximum Gasteiger partial charge on any atom is 0.234 e. The monoisotopic (exact) mass is 356 g/mol. The summed E-state index contributed by atoms with van der Waals surface area (Å²) in [7, 11) is 1.93. The molecule has 22 heavy (non-hydrogen) atoms. The van der Waals surface area contributed by atoms with Crippen LogP contribution in [0.25, 0.3) is 0 Å². The number of carbonyl (C=O) groups is 1. The topological polar surface area (TPSA) is 59.8 Å². The second-order valence-corrected chi connectivity index (χ2v) is 6.92.